The van der Waals surface area contributed by atoms with E-state index in [1.54, 1.807) is 7.05 Å². The van der Waals surface area contributed by atoms with Crippen molar-refractivity contribution < 1.29 is 4.74 Å². The van der Waals surface area contributed by atoms with E-state index < -0.39 is 0 Å². The van der Waals surface area contributed by atoms with E-state index in [-0.39, 0.29) is 6.10 Å². The van der Waals surface area contributed by atoms with Gasteiger partial charge in [0.05, 0.1) is 0 Å². The molecule has 0 aromatic rings. The van der Waals surface area contributed by atoms with E-state index in [0.29, 0.717) is 5.17 Å². The Morgan fingerprint density at radius 2 is 2.30 bits per heavy atom. The third kappa shape index (κ3) is 4.32. The van der Waals surface area contributed by atoms with Crippen LogP contribution in [-0.4, -0.2) is 18.3 Å². The average Bonchev–Trinajstić information content (AvgIpc) is 1.88. The van der Waals surface area contributed by atoms with Crippen LogP contribution >= 0.6 is 12.2 Å². The van der Waals surface area contributed by atoms with Crippen LogP contribution in [0.4, 0.5) is 0 Å². The highest BCUT2D eigenvalue weighted by molar-refractivity contribution is 7.80. The lowest BCUT2D eigenvalue weighted by molar-refractivity contribution is 0.253. The van der Waals surface area contributed by atoms with Gasteiger partial charge in [0, 0.05) is 7.05 Å². The van der Waals surface area contributed by atoms with Crippen molar-refractivity contribution in [2.45, 2.75) is 20.0 Å². The first-order valence-electron chi connectivity index (χ1n) is 3.22. The largest absolute Gasteiger partial charge is 0.464 e. The smallest absolute Gasteiger partial charge is 0.256 e. The zero-order valence-electron chi connectivity index (χ0n) is 6.55. The van der Waals surface area contributed by atoms with Gasteiger partial charge in [-0.1, -0.05) is 6.08 Å². The SMILES string of the molecule is C/C=C/[C@@H](C)OC(=S)NC. The predicted octanol–water partition coefficient (Wildman–Crippen LogP) is 1.47. The van der Waals surface area contributed by atoms with Crippen LogP contribution in [-0.2, 0) is 4.74 Å². The summed E-state index contributed by atoms with van der Waals surface area (Å²) in [5.41, 5.74) is 0. The summed E-state index contributed by atoms with van der Waals surface area (Å²) in [4.78, 5) is 0. The minimum Gasteiger partial charge on any atom is -0.464 e. The van der Waals surface area contributed by atoms with Crippen LogP contribution in [0, 0.1) is 0 Å². The monoisotopic (exact) mass is 159 g/mol. The average molecular weight is 159 g/mol. The molecule has 0 amide bonds. The van der Waals surface area contributed by atoms with E-state index in [0.717, 1.165) is 0 Å². The number of rotatable bonds is 2. The molecule has 0 unspecified atom stereocenters. The molecule has 0 rings (SSSR count). The molecule has 0 spiro atoms. The molecule has 0 saturated heterocycles. The van der Waals surface area contributed by atoms with E-state index in [4.69, 9.17) is 17.0 Å². The van der Waals surface area contributed by atoms with Gasteiger partial charge in [0.1, 0.15) is 6.10 Å². The fourth-order valence-electron chi connectivity index (χ4n) is 0.538. The summed E-state index contributed by atoms with van der Waals surface area (Å²) in [6.45, 7) is 3.88. The third-order valence-electron chi connectivity index (χ3n) is 0.961. The molecule has 0 aromatic carbocycles. The van der Waals surface area contributed by atoms with Crippen LogP contribution < -0.4 is 5.32 Å². The third-order valence-corrected chi connectivity index (χ3v) is 1.26. The molecule has 0 aliphatic rings. The van der Waals surface area contributed by atoms with Crippen molar-refractivity contribution in [1.29, 1.82) is 0 Å². The fraction of sp³-hybridized carbons (Fsp3) is 0.571. The first kappa shape index (κ1) is 9.43. The number of thiocarbonyl (C=S) groups is 1. The number of hydrogen-bond acceptors (Lipinski definition) is 2. The summed E-state index contributed by atoms with van der Waals surface area (Å²) in [6, 6.07) is 0. The summed E-state index contributed by atoms with van der Waals surface area (Å²) in [5.74, 6) is 0. The molecule has 0 bridgehead atoms. The van der Waals surface area contributed by atoms with E-state index >= 15 is 0 Å². The number of allylic oxidation sites excluding steroid dienone is 1. The molecular weight excluding hydrogens is 146 g/mol. The molecule has 0 fully saturated rings. The molecule has 0 aromatic heterocycles. The van der Waals surface area contributed by atoms with E-state index in [2.05, 4.69) is 5.32 Å². The van der Waals surface area contributed by atoms with Crippen molar-refractivity contribution in [2.24, 2.45) is 0 Å². The van der Waals surface area contributed by atoms with E-state index in [1.807, 2.05) is 26.0 Å². The standard InChI is InChI=1S/C7H13NOS/c1-4-5-6(2)9-7(10)8-3/h4-6H,1-3H3,(H,8,10)/b5-4+/t6-/m1/s1. The molecule has 3 heteroatoms. The molecule has 1 atom stereocenters. The van der Waals surface area contributed by atoms with Crippen molar-refractivity contribution in [2.75, 3.05) is 7.05 Å². The van der Waals surface area contributed by atoms with Crippen molar-refractivity contribution in [1.82, 2.24) is 5.32 Å². The fourth-order valence-corrected chi connectivity index (χ4v) is 0.690. The van der Waals surface area contributed by atoms with E-state index in [1.165, 1.54) is 0 Å². The molecule has 0 radical (unpaired) electrons. The molecule has 0 aliphatic heterocycles. The highest BCUT2D eigenvalue weighted by Crippen LogP contribution is 1.92. The van der Waals surface area contributed by atoms with Gasteiger partial charge in [-0.05, 0) is 32.1 Å². The first-order chi connectivity index (χ1) is 4.70. The molecule has 10 heavy (non-hydrogen) atoms. The number of hydrogen-bond donors (Lipinski definition) is 1. The lowest BCUT2D eigenvalue weighted by atomic mass is 10.4. The maximum atomic E-state index is 5.17. The Bertz CT molecular complexity index is 134. The summed E-state index contributed by atoms with van der Waals surface area (Å²) in [5, 5.41) is 3.17. The molecule has 1 N–H and O–H groups in total. The molecule has 2 nitrogen and oxygen atoms in total. The zero-order chi connectivity index (χ0) is 7.98. The Balaban J connectivity index is 3.57. The normalized spacial score (nSPS) is 13.1. The van der Waals surface area contributed by atoms with Gasteiger partial charge in [-0.3, -0.25) is 0 Å². The highest BCUT2D eigenvalue weighted by Gasteiger charge is 1.97. The summed E-state index contributed by atoms with van der Waals surface area (Å²) >= 11 is 4.78. The Morgan fingerprint density at radius 3 is 2.70 bits per heavy atom. The van der Waals surface area contributed by atoms with Gasteiger partial charge in [-0.2, -0.15) is 0 Å². The van der Waals surface area contributed by atoms with Crippen LogP contribution in [0.2, 0.25) is 0 Å². The Kier molecular flexibility index (Phi) is 4.94. The number of ether oxygens (including phenoxy) is 1. The Labute approximate surface area is 67.3 Å². The maximum Gasteiger partial charge on any atom is 0.256 e. The van der Waals surface area contributed by atoms with Crippen molar-refractivity contribution >= 4 is 17.4 Å². The lowest BCUT2D eigenvalue weighted by Crippen LogP contribution is -2.22. The Hall–Kier alpha value is -0.570. The van der Waals surface area contributed by atoms with Crippen molar-refractivity contribution in [3.8, 4) is 0 Å². The summed E-state index contributed by atoms with van der Waals surface area (Å²) in [7, 11) is 1.74. The minimum atomic E-state index is 0.0601. The van der Waals surface area contributed by atoms with Crippen molar-refractivity contribution in [3.63, 3.8) is 0 Å². The molecule has 0 saturated carbocycles. The van der Waals surface area contributed by atoms with Gasteiger partial charge in [0.2, 0.25) is 0 Å². The number of nitrogens with one attached hydrogen (secondary N) is 1. The first-order valence-corrected chi connectivity index (χ1v) is 3.62. The second kappa shape index (κ2) is 5.23. The van der Waals surface area contributed by atoms with Crippen LogP contribution in [0.25, 0.3) is 0 Å². The van der Waals surface area contributed by atoms with Crippen LogP contribution in [0.15, 0.2) is 12.2 Å². The maximum absolute atomic E-state index is 5.17. The molecule has 0 aliphatic carbocycles. The van der Waals surface area contributed by atoms with Crippen molar-refractivity contribution in [3.05, 3.63) is 12.2 Å². The molecule has 58 valence electrons. The molecular formula is C7H13NOS. The van der Waals surface area contributed by atoms with Gasteiger partial charge in [0.15, 0.2) is 0 Å². The zero-order valence-corrected chi connectivity index (χ0v) is 7.37. The quantitative estimate of drug-likeness (QED) is 0.487. The summed E-state index contributed by atoms with van der Waals surface area (Å²) < 4.78 is 5.17. The highest BCUT2D eigenvalue weighted by atomic mass is 32.1. The van der Waals surface area contributed by atoms with Crippen LogP contribution in [0.1, 0.15) is 13.8 Å². The predicted molar refractivity (Wildman–Crippen MR) is 47.0 cm³/mol. The second-order valence-electron chi connectivity index (χ2n) is 1.89. The van der Waals surface area contributed by atoms with Gasteiger partial charge >= 0.3 is 0 Å². The van der Waals surface area contributed by atoms with Gasteiger partial charge in [-0.15, -0.1) is 0 Å². The Morgan fingerprint density at radius 1 is 1.70 bits per heavy atom. The summed E-state index contributed by atoms with van der Waals surface area (Å²) in [6.07, 6.45) is 3.93. The van der Waals surface area contributed by atoms with Crippen LogP contribution in [0.5, 0.6) is 0 Å². The topological polar surface area (TPSA) is 21.3 Å². The molecule has 0 heterocycles. The lowest BCUT2D eigenvalue weighted by Gasteiger charge is -2.09. The van der Waals surface area contributed by atoms with Gasteiger partial charge < -0.3 is 10.1 Å². The van der Waals surface area contributed by atoms with E-state index in [9.17, 15) is 0 Å². The van der Waals surface area contributed by atoms with Crippen LogP contribution in [0.3, 0.4) is 0 Å². The van der Waals surface area contributed by atoms with Gasteiger partial charge in [0.25, 0.3) is 5.17 Å². The van der Waals surface area contributed by atoms with Gasteiger partial charge in [-0.25, -0.2) is 0 Å². The second-order valence-corrected chi connectivity index (χ2v) is 2.26. The minimum absolute atomic E-state index is 0.0601.